The van der Waals surface area contributed by atoms with Crippen LogP contribution in [0.2, 0.25) is 0 Å². The quantitative estimate of drug-likeness (QED) is 0.856. The van der Waals surface area contributed by atoms with Crippen LogP contribution in [0.15, 0.2) is 39.8 Å². The number of aromatic nitrogens is 1. The van der Waals surface area contributed by atoms with Crippen LogP contribution in [0.5, 0.6) is 0 Å². The van der Waals surface area contributed by atoms with Gasteiger partial charge in [0.25, 0.3) is 0 Å². The van der Waals surface area contributed by atoms with E-state index in [1.165, 1.54) is 0 Å². The number of nitrogens with zero attached hydrogens (tertiary/aromatic N) is 2. The van der Waals surface area contributed by atoms with Crippen LogP contribution in [0.3, 0.4) is 0 Å². The molecule has 0 radical (unpaired) electrons. The highest BCUT2D eigenvalue weighted by Crippen LogP contribution is 2.37. The maximum Gasteiger partial charge on any atom is 0.243 e. The Morgan fingerprint density at radius 3 is 2.70 bits per heavy atom. The average Bonchev–Trinajstić information content (AvgIpc) is 3.16. The molecule has 0 amide bonds. The number of sulfonamides is 1. The Morgan fingerprint density at radius 2 is 2.04 bits per heavy atom. The van der Waals surface area contributed by atoms with Gasteiger partial charge in [-0.1, -0.05) is 37.2 Å². The van der Waals surface area contributed by atoms with Gasteiger partial charge >= 0.3 is 0 Å². The molecule has 1 saturated heterocycles. The van der Waals surface area contributed by atoms with Gasteiger partial charge in [0.2, 0.25) is 10.0 Å². The summed E-state index contributed by atoms with van der Waals surface area (Å²) in [5, 5.41) is 4.12. The summed E-state index contributed by atoms with van der Waals surface area (Å²) in [7, 11) is -3.53. The van der Waals surface area contributed by atoms with E-state index in [1.807, 2.05) is 39.0 Å². The second kappa shape index (κ2) is 6.09. The van der Waals surface area contributed by atoms with Crippen LogP contribution < -0.4 is 0 Å². The van der Waals surface area contributed by atoms with Crippen molar-refractivity contribution in [1.29, 1.82) is 0 Å². The second-order valence-electron chi connectivity index (χ2n) is 6.35. The third-order valence-corrected chi connectivity index (χ3v) is 6.41. The second-order valence-corrected chi connectivity index (χ2v) is 8.21. The molecule has 0 spiro atoms. The zero-order valence-electron chi connectivity index (χ0n) is 13.7. The van der Waals surface area contributed by atoms with Crippen LogP contribution in [0, 0.1) is 6.92 Å². The van der Waals surface area contributed by atoms with Crippen LogP contribution in [0.1, 0.15) is 55.7 Å². The summed E-state index contributed by atoms with van der Waals surface area (Å²) in [4.78, 5) is 0.375. The van der Waals surface area contributed by atoms with Crippen LogP contribution in [0.25, 0.3) is 0 Å². The molecule has 0 bridgehead atoms. The Hall–Kier alpha value is -1.66. The van der Waals surface area contributed by atoms with E-state index in [0.717, 1.165) is 24.2 Å². The van der Waals surface area contributed by atoms with Crippen LogP contribution >= 0.6 is 0 Å². The minimum Gasteiger partial charge on any atom is -0.361 e. The van der Waals surface area contributed by atoms with E-state index in [-0.39, 0.29) is 12.0 Å². The third-order valence-electron chi connectivity index (χ3n) is 4.34. The number of hydrogen-bond donors (Lipinski definition) is 0. The fourth-order valence-electron chi connectivity index (χ4n) is 3.03. The minimum absolute atomic E-state index is 0.235. The molecule has 1 aromatic carbocycles. The molecule has 23 heavy (non-hydrogen) atoms. The van der Waals surface area contributed by atoms with E-state index in [0.29, 0.717) is 17.1 Å². The molecule has 1 atom stereocenters. The number of hydrogen-bond acceptors (Lipinski definition) is 4. The standard InChI is InChI=1S/C17H22N2O3S/c1-12(2)16-11-14(18-22-16)15-8-6-10-19(15)23(20,21)17-9-5-4-7-13(17)3/h4-5,7,9,11-12,15H,6,8,10H2,1-3H3. The van der Waals surface area contributed by atoms with Crippen molar-refractivity contribution in [3.8, 4) is 0 Å². The van der Waals surface area contributed by atoms with Gasteiger partial charge in [0.1, 0.15) is 11.5 Å². The van der Waals surface area contributed by atoms with Crippen molar-refractivity contribution in [2.45, 2.75) is 50.5 Å². The highest BCUT2D eigenvalue weighted by molar-refractivity contribution is 7.89. The molecule has 1 aliphatic rings. The van der Waals surface area contributed by atoms with Gasteiger partial charge in [0, 0.05) is 18.5 Å². The summed E-state index contributed by atoms with van der Waals surface area (Å²) in [6, 6.07) is 8.75. The van der Waals surface area contributed by atoms with Gasteiger partial charge < -0.3 is 4.52 Å². The first-order chi connectivity index (χ1) is 10.9. The SMILES string of the molecule is Cc1ccccc1S(=O)(=O)N1CCCC1c1cc(C(C)C)on1. The molecule has 6 heteroatoms. The topological polar surface area (TPSA) is 63.4 Å². The van der Waals surface area contributed by atoms with Gasteiger partial charge in [0.15, 0.2) is 0 Å². The average molecular weight is 334 g/mol. The Labute approximate surface area is 137 Å². The Bertz CT molecular complexity index is 796. The monoisotopic (exact) mass is 334 g/mol. The van der Waals surface area contributed by atoms with E-state index in [2.05, 4.69) is 5.16 Å². The molecule has 2 aromatic rings. The summed E-state index contributed by atoms with van der Waals surface area (Å²) >= 11 is 0. The molecule has 5 nitrogen and oxygen atoms in total. The predicted octanol–water partition coefficient (Wildman–Crippen LogP) is 3.63. The molecule has 1 aliphatic heterocycles. The Balaban J connectivity index is 1.96. The van der Waals surface area contributed by atoms with Gasteiger partial charge in [-0.3, -0.25) is 0 Å². The normalized spacial score (nSPS) is 19.6. The predicted molar refractivity (Wildman–Crippen MR) is 87.6 cm³/mol. The molecule has 1 aromatic heterocycles. The lowest BCUT2D eigenvalue weighted by molar-refractivity contribution is 0.338. The van der Waals surface area contributed by atoms with Crippen molar-refractivity contribution < 1.29 is 12.9 Å². The molecule has 1 fully saturated rings. The molecule has 1 unspecified atom stereocenters. The molecule has 0 aliphatic carbocycles. The van der Waals surface area contributed by atoms with Crippen molar-refractivity contribution in [2.24, 2.45) is 0 Å². The summed E-state index contributed by atoms with van der Waals surface area (Å²) in [5.41, 5.74) is 1.48. The van der Waals surface area contributed by atoms with E-state index in [4.69, 9.17) is 4.52 Å². The molecular weight excluding hydrogens is 312 g/mol. The lowest BCUT2D eigenvalue weighted by Crippen LogP contribution is -2.31. The molecule has 2 heterocycles. The zero-order valence-corrected chi connectivity index (χ0v) is 14.5. The largest absolute Gasteiger partial charge is 0.361 e. The first-order valence-corrected chi connectivity index (χ1v) is 9.39. The zero-order chi connectivity index (χ0) is 16.6. The fraction of sp³-hybridized carbons (Fsp3) is 0.471. The summed E-state index contributed by atoms with van der Waals surface area (Å²) in [5.74, 6) is 1.03. The number of benzene rings is 1. The van der Waals surface area contributed by atoms with Crippen molar-refractivity contribution in [1.82, 2.24) is 9.46 Å². The van der Waals surface area contributed by atoms with Gasteiger partial charge in [0.05, 0.1) is 10.9 Å². The van der Waals surface area contributed by atoms with E-state index < -0.39 is 10.0 Å². The third kappa shape index (κ3) is 2.93. The Morgan fingerprint density at radius 1 is 1.30 bits per heavy atom. The number of aryl methyl sites for hydroxylation is 1. The maximum atomic E-state index is 13.0. The van der Waals surface area contributed by atoms with Crippen molar-refractivity contribution in [3.05, 3.63) is 47.3 Å². The smallest absolute Gasteiger partial charge is 0.243 e. The van der Waals surface area contributed by atoms with E-state index >= 15 is 0 Å². The maximum absolute atomic E-state index is 13.0. The molecular formula is C17H22N2O3S. The summed E-state index contributed by atoms with van der Waals surface area (Å²) in [6.07, 6.45) is 1.61. The van der Waals surface area contributed by atoms with Crippen LogP contribution in [0.4, 0.5) is 0 Å². The van der Waals surface area contributed by atoms with E-state index in [1.54, 1.807) is 16.4 Å². The Kier molecular flexibility index (Phi) is 4.29. The summed E-state index contributed by atoms with van der Waals surface area (Å²) in [6.45, 7) is 6.40. The first kappa shape index (κ1) is 16.2. The van der Waals surface area contributed by atoms with Gasteiger partial charge in [-0.05, 0) is 31.4 Å². The van der Waals surface area contributed by atoms with Gasteiger partial charge in [-0.2, -0.15) is 4.31 Å². The molecule has 124 valence electrons. The van der Waals surface area contributed by atoms with Crippen molar-refractivity contribution >= 4 is 10.0 Å². The van der Waals surface area contributed by atoms with Crippen molar-refractivity contribution in [2.75, 3.05) is 6.54 Å². The number of rotatable bonds is 4. The lowest BCUT2D eigenvalue weighted by Gasteiger charge is -2.23. The molecule has 0 N–H and O–H groups in total. The van der Waals surface area contributed by atoms with E-state index in [9.17, 15) is 8.42 Å². The first-order valence-electron chi connectivity index (χ1n) is 7.95. The highest BCUT2D eigenvalue weighted by Gasteiger charge is 2.38. The lowest BCUT2D eigenvalue weighted by atomic mass is 10.1. The summed E-state index contributed by atoms with van der Waals surface area (Å²) < 4.78 is 33.0. The molecule has 0 saturated carbocycles. The fourth-order valence-corrected chi connectivity index (χ4v) is 4.92. The van der Waals surface area contributed by atoms with Gasteiger partial charge in [-0.15, -0.1) is 0 Å². The van der Waals surface area contributed by atoms with Crippen LogP contribution in [-0.2, 0) is 10.0 Å². The minimum atomic E-state index is -3.53. The molecule has 3 rings (SSSR count). The van der Waals surface area contributed by atoms with Crippen LogP contribution in [-0.4, -0.2) is 24.4 Å². The van der Waals surface area contributed by atoms with Crippen molar-refractivity contribution in [3.63, 3.8) is 0 Å². The van der Waals surface area contributed by atoms with Gasteiger partial charge in [-0.25, -0.2) is 8.42 Å². The highest BCUT2D eigenvalue weighted by atomic mass is 32.2.